The van der Waals surface area contributed by atoms with E-state index in [0.29, 0.717) is 6.54 Å². The van der Waals surface area contributed by atoms with Crippen LogP contribution in [0, 0.1) is 11.3 Å². The van der Waals surface area contributed by atoms with E-state index in [2.05, 4.69) is 10.3 Å². The van der Waals surface area contributed by atoms with Crippen molar-refractivity contribution < 1.29 is 4.99 Å². The standard InChI is InChI=1S/C5H7N3/c6-3-5-4-7-1-2-8-5/h7H,1-2,4H2/p+1. The van der Waals surface area contributed by atoms with Crippen molar-refractivity contribution in [2.75, 3.05) is 19.6 Å². The third-order valence-corrected chi connectivity index (χ3v) is 1.08. The van der Waals surface area contributed by atoms with Crippen molar-refractivity contribution in [1.82, 2.24) is 5.32 Å². The van der Waals surface area contributed by atoms with E-state index >= 15 is 0 Å². The Hall–Kier alpha value is -0.880. The van der Waals surface area contributed by atoms with E-state index in [4.69, 9.17) is 5.26 Å². The van der Waals surface area contributed by atoms with E-state index in [9.17, 15) is 0 Å². The molecule has 0 aromatic carbocycles. The van der Waals surface area contributed by atoms with Gasteiger partial charge in [-0.25, -0.2) is 4.99 Å². The number of nitrogens with one attached hydrogen (secondary N) is 2. The van der Waals surface area contributed by atoms with Crippen LogP contribution in [0.15, 0.2) is 0 Å². The first kappa shape index (κ1) is 5.26. The van der Waals surface area contributed by atoms with Crippen molar-refractivity contribution >= 4 is 5.71 Å². The number of nitrogens with zero attached hydrogens (tertiary/aromatic N) is 1. The lowest BCUT2D eigenvalue weighted by atomic mass is 10.3. The van der Waals surface area contributed by atoms with Gasteiger partial charge in [0, 0.05) is 0 Å². The molecule has 2 N–H and O–H groups in total. The predicted molar refractivity (Wildman–Crippen MR) is 29.3 cm³/mol. The molecule has 0 aromatic rings. The van der Waals surface area contributed by atoms with Gasteiger partial charge in [0.25, 0.3) is 5.71 Å². The highest BCUT2D eigenvalue weighted by molar-refractivity contribution is 5.95. The van der Waals surface area contributed by atoms with Gasteiger partial charge < -0.3 is 5.32 Å². The Kier molecular flexibility index (Phi) is 1.60. The summed E-state index contributed by atoms with van der Waals surface area (Å²) in [7, 11) is 0. The number of rotatable bonds is 0. The van der Waals surface area contributed by atoms with Crippen LogP contribution in [0.25, 0.3) is 0 Å². The Bertz CT molecular complexity index is 142. The second-order valence-corrected chi connectivity index (χ2v) is 1.69. The van der Waals surface area contributed by atoms with Crippen molar-refractivity contribution in [2.45, 2.75) is 0 Å². The first-order valence-electron chi connectivity index (χ1n) is 2.64. The average molecular weight is 110 g/mol. The lowest BCUT2D eigenvalue weighted by Gasteiger charge is -1.99. The summed E-state index contributed by atoms with van der Waals surface area (Å²) in [6, 6.07) is 2.05. The summed E-state index contributed by atoms with van der Waals surface area (Å²) in [5, 5.41) is 11.4. The van der Waals surface area contributed by atoms with E-state index in [1.165, 1.54) is 0 Å². The van der Waals surface area contributed by atoms with Crippen LogP contribution < -0.4 is 10.3 Å². The van der Waals surface area contributed by atoms with Crippen molar-refractivity contribution in [1.29, 1.82) is 5.26 Å². The molecule has 0 aliphatic carbocycles. The Morgan fingerprint density at radius 3 is 3.00 bits per heavy atom. The zero-order valence-electron chi connectivity index (χ0n) is 4.57. The zero-order valence-corrected chi connectivity index (χ0v) is 4.57. The molecule has 0 unspecified atom stereocenters. The van der Waals surface area contributed by atoms with E-state index in [1.54, 1.807) is 0 Å². The van der Waals surface area contributed by atoms with Crippen molar-refractivity contribution in [3.8, 4) is 6.07 Å². The molecule has 1 heterocycles. The molecule has 0 radical (unpaired) electrons. The molecular weight excluding hydrogens is 102 g/mol. The fourth-order valence-electron chi connectivity index (χ4n) is 0.657. The number of hydrogen-bond donors (Lipinski definition) is 2. The van der Waals surface area contributed by atoms with E-state index < -0.39 is 0 Å². The minimum Gasteiger partial charge on any atom is -0.301 e. The van der Waals surface area contributed by atoms with Gasteiger partial charge in [-0.05, 0) is 0 Å². The van der Waals surface area contributed by atoms with Gasteiger partial charge >= 0.3 is 0 Å². The molecule has 0 saturated carbocycles. The topological polar surface area (TPSA) is 49.8 Å². The molecular formula is C5H8N3+. The molecule has 1 rings (SSSR count). The fourth-order valence-corrected chi connectivity index (χ4v) is 0.657. The zero-order chi connectivity index (χ0) is 5.82. The average Bonchev–Trinajstić information content (AvgIpc) is 1.90. The van der Waals surface area contributed by atoms with Gasteiger partial charge in [-0.15, -0.1) is 0 Å². The van der Waals surface area contributed by atoms with Crippen LogP contribution in [0.4, 0.5) is 0 Å². The smallest absolute Gasteiger partial charge is 0.266 e. The fraction of sp³-hybridized carbons (Fsp3) is 0.600. The van der Waals surface area contributed by atoms with E-state index in [1.807, 2.05) is 6.07 Å². The lowest BCUT2D eigenvalue weighted by Crippen LogP contribution is -2.79. The van der Waals surface area contributed by atoms with Crippen LogP contribution in [0.5, 0.6) is 0 Å². The molecule has 0 fully saturated rings. The SMILES string of the molecule is N#CC1=[NH+]CCNC1. The third-order valence-electron chi connectivity index (χ3n) is 1.08. The maximum absolute atomic E-state index is 8.30. The van der Waals surface area contributed by atoms with E-state index in [0.717, 1.165) is 18.8 Å². The van der Waals surface area contributed by atoms with Gasteiger partial charge in [-0.2, -0.15) is 5.26 Å². The summed E-state index contributed by atoms with van der Waals surface area (Å²) in [4.78, 5) is 2.96. The van der Waals surface area contributed by atoms with Crippen LogP contribution in [0.3, 0.4) is 0 Å². The van der Waals surface area contributed by atoms with Gasteiger partial charge in [0.15, 0.2) is 12.6 Å². The van der Waals surface area contributed by atoms with Crippen molar-refractivity contribution in [3.63, 3.8) is 0 Å². The summed E-state index contributed by atoms with van der Waals surface area (Å²) >= 11 is 0. The molecule has 3 heteroatoms. The van der Waals surface area contributed by atoms with Crippen LogP contribution in [0.1, 0.15) is 0 Å². The second kappa shape index (κ2) is 2.43. The van der Waals surface area contributed by atoms with Crippen LogP contribution >= 0.6 is 0 Å². The Morgan fingerprint density at radius 2 is 2.62 bits per heavy atom. The van der Waals surface area contributed by atoms with Gasteiger partial charge in [-0.1, -0.05) is 0 Å². The minimum absolute atomic E-state index is 0.705. The van der Waals surface area contributed by atoms with Gasteiger partial charge in [-0.3, -0.25) is 0 Å². The highest BCUT2D eigenvalue weighted by atomic mass is 15.0. The molecule has 0 bridgehead atoms. The quantitative estimate of drug-likeness (QED) is 0.366. The summed E-state index contributed by atoms with van der Waals surface area (Å²) in [6.07, 6.45) is 0. The number of nitriles is 1. The van der Waals surface area contributed by atoms with Gasteiger partial charge in [0.2, 0.25) is 0 Å². The highest BCUT2D eigenvalue weighted by Crippen LogP contribution is 1.62. The van der Waals surface area contributed by atoms with Crippen LogP contribution in [0.2, 0.25) is 0 Å². The molecule has 0 amide bonds. The Morgan fingerprint density at radius 1 is 1.75 bits per heavy atom. The molecule has 8 heavy (non-hydrogen) atoms. The highest BCUT2D eigenvalue weighted by Gasteiger charge is 2.07. The predicted octanol–water partition coefficient (Wildman–Crippen LogP) is -2.37. The van der Waals surface area contributed by atoms with E-state index in [-0.39, 0.29) is 0 Å². The Labute approximate surface area is 48.0 Å². The van der Waals surface area contributed by atoms with Crippen LogP contribution in [-0.4, -0.2) is 25.3 Å². The maximum atomic E-state index is 8.30. The molecule has 0 spiro atoms. The molecule has 0 atom stereocenters. The second-order valence-electron chi connectivity index (χ2n) is 1.69. The normalized spacial score (nSPS) is 19.1. The molecule has 0 saturated heterocycles. The third kappa shape index (κ3) is 1.04. The van der Waals surface area contributed by atoms with Crippen molar-refractivity contribution in [3.05, 3.63) is 0 Å². The molecule has 0 aromatic heterocycles. The Balaban J connectivity index is 2.53. The molecule has 1 aliphatic heterocycles. The molecule has 42 valence electrons. The van der Waals surface area contributed by atoms with Gasteiger partial charge in [0.05, 0.1) is 13.1 Å². The summed E-state index contributed by atoms with van der Waals surface area (Å²) in [5.74, 6) is 0. The largest absolute Gasteiger partial charge is 0.301 e. The first-order chi connectivity index (χ1) is 3.93. The van der Waals surface area contributed by atoms with Crippen LogP contribution in [-0.2, 0) is 0 Å². The maximum Gasteiger partial charge on any atom is 0.266 e. The summed E-state index contributed by atoms with van der Waals surface area (Å²) in [6.45, 7) is 2.55. The summed E-state index contributed by atoms with van der Waals surface area (Å²) in [5.41, 5.74) is 0.747. The van der Waals surface area contributed by atoms with Gasteiger partial charge in [0.1, 0.15) is 0 Å². The minimum atomic E-state index is 0.705. The number of hydrogen-bond acceptors (Lipinski definition) is 2. The first-order valence-corrected chi connectivity index (χ1v) is 2.64. The monoisotopic (exact) mass is 110 g/mol. The van der Waals surface area contributed by atoms with Crippen molar-refractivity contribution in [2.24, 2.45) is 0 Å². The molecule has 1 aliphatic rings. The lowest BCUT2D eigenvalue weighted by molar-refractivity contribution is -0.458. The molecule has 3 nitrogen and oxygen atoms in total. The summed E-state index contributed by atoms with van der Waals surface area (Å²) < 4.78 is 0.